The molecule has 2 atom stereocenters. The lowest BCUT2D eigenvalue weighted by atomic mass is 10.00. The van der Waals surface area contributed by atoms with Crippen LogP contribution in [0.25, 0.3) is 0 Å². The van der Waals surface area contributed by atoms with E-state index < -0.39 is 0 Å². The number of carbonyl (C=O) groups is 2. The zero-order chi connectivity index (χ0) is 23.8. The molecule has 0 spiro atoms. The molecule has 180 valence electrons. The second-order valence-corrected chi connectivity index (χ2v) is 9.90. The van der Waals surface area contributed by atoms with E-state index in [1.807, 2.05) is 43.0 Å². The summed E-state index contributed by atoms with van der Waals surface area (Å²) in [4.78, 5) is 31.2. The standard InChI is InChI=1S/C26H37N3O3S/c1-5-13-27-26(31)28(16-19(3)6-2)17-25(30)29-14-11-24-22(12-15-33-24)23(29)18-32-21-9-7-20(4)8-10-21/h7-10,12,15,19,23H,5-6,11,13-14,16-18H2,1-4H3,(H,27,31)/t19-,23+/m1/s1. The van der Waals surface area contributed by atoms with Gasteiger partial charge in [-0.25, -0.2) is 4.79 Å². The number of nitrogens with one attached hydrogen (secondary N) is 1. The first-order valence-electron chi connectivity index (χ1n) is 12.0. The Bertz CT molecular complexity index is 912. The van der Waals surface area contributed by atoms with Gasteiger partial charge in [0.25, 0.3) is 0 Å². The Labute approximate surface area is 201 Å². The van der Waals surface area contributed by atoms with E-state index in [0.29, 0.717) is 32.2 Å². The lowest BCUT2D eigenvalue weighted by molar-refractivity contribution is -0.135. The molecule has 0 unspecified atom stereocenters. The van der Waals surface area contributed by atoms with Gasteiger partial charge in [0.15, 0.2) is 0 Å². The summed E-state index contributed by atoms with van der Waals surface area (Å²) in [5.74, 6) is 1.10. The number of nitrogens with zero attached hydrogens (tertiary/aromatic N) is 2. The van der Waals surface area contributed by atoms with E-state index in [-0.39, 0.29) is 24.5 Å². The highest BCUT2D eigenvalue weighted by atomic mass is 32.1. The summed E-state index contributed by atoms with van der Waals surface area (Å²) in [6, 6.07) is 9.76. The van der Waals surface area contributed by atoms with Crippen molar-refractivity contribution < 1.29 is 14.3 Å². The number of aryl methyl sites for hydroxylation is 1. The maximum Gasteiger partial charge on any atom is 0.317 e. The number of fused-ring (bicyclic) bond motifs is 1. The first-order valence-corrected chi connectivity index (χ1v) is 12.9. The normalized spacial score (nSPS) is 16.1. The molecule has 0 saturated heterocycles. The maximum absolute atomic E-state index is 13.5. The molecule has 0 aliphatic carbocycles. The van der Waals surface area contributed by atoms with Crippen molar-refractivity contribution in [1.29, 1.82) is 0 Å². The third-order valence-electron chi connectivity index (χ3n) is 6.21. The van der Waals surface area contributed by atoms with Crippen LogP contribution in [0.5, 0.6) is 5.75 Å². The lowest BCUT2D eigenvalue weighted by Gasteiger charge is -2.37. The number of benzene rings is 1. The predicted octanol–water partition coefficient (Wildman–Crippen LogP) is 5.03. The molecule has 1 aromatic heterocycles. The second-order valence-electron chi connectivity index (χ2n) is 8.90. The summed E-state index contributed by atoms with van der Waals surface area (Å²) in [6.45, 7) is 10.6. The fourth-order valence-corrected chi connectivity index (χ4v) is 4.93. The summed E-state index contributed by atoms with van der Waals surface area (Å²) in [7, 11) is 0. The number of hydrogen-bond donors (Lipinski definition) is 1. The number of ether oxygens (including phenoxy) is 1. The van der Waals surface area contributed by atoms with Crippen molar-refractivity contribution in [2.24, 2.45) is 5.92 Å². The van der Waals surface area contributed by atoms with Crippen LogP contribution in [0.4, 0.5) is 4.79 Å². The van der Waals surface area contributed by atoms with Crippen LogP contribution in [0, 0.1) is 12.8 Å². The van der Waals surface area contributed by atoms with E-state index in [9.17, 15) is 9.59 Å². The molecule has 3 rings (SSSR count). The van der Waals surface area contributed by atoms with Crippen LogP contribution in [0.1, 0.15) is 55.7 Å². The Kier molecular flexibility index (Phi) is 9.18. The van der Waals surface area contributed by atoms with Gasteiger partial charge in [0.2, 0.25) is 5.91 Å². The Hall–Kier alpha value is -2.54. The van der Waals surface area contributed by atoms with Crippen LogP contribution in [0.2, 0.25) is 0 Å². The third kappa shape index (κ3) is 6.73. The smallest absolute Gasteiger partial charge is 0.317 e. The molecule has 1 aromatic carbocycles. The monoisotopic (exact) mass is 471 g/mol. The molecule has 1 N–H and O–H groups in total. The molecule has 33 heavy (non-hydrogen) atoms. The van der Waals surface area contributed by atoms with Crippen molar-refractivity contribution in [3.8, 4) is 5.75 Å². The quantitative estimate of drug-likeness (QED) is 0.529. The number of urea groups is 1. The highest BCUT2D eigenvalue weighted by Gasteiger charge is 2.33. The summed E-state index contributed by atoms with van der Waals surface area (Å²) in [5, 5.41) is 5.03. The van der Waals surface area contributed by atoms with E-state index >= 15 is 0 Å². The van der Waals surface area contributed by atoms with Crippen LogP contribution in [0.15, 0.2) is 35.7 Å². The van der Waals surface area contributed by atoms with E-state index in [0.717, 1.165) is 30.6 Å². The minimum atomic E-state index is -0.161. The van der Waals surface area contributed by atoms with Gasteiger partial charge in [0.05, 0.1) is 6.04 Å². The summed E-state index contributed by atoms with van der Waals surface area (Å²) in [6.07, 6.45) is 2.66. The van der Waals surface area contributed by atoms with Gasteiger partial charge in [-0.05, 0) is 54.8 Å². The van der Waals surface area contributed by atoms with Crippen molar-refractivity contribution in [1.82, 2.24) is 15.1 Å². The minimum absolute atomic E-state index is 0.0284. The molecule has 0 bridgehead atoms. The largest absolute Gasteiger partial charge is 0.491 e. The molecule has 0 saturated carbocycles. The lowest BCUT2D eigenvalue weighted by Crippen LogP contribution is -2.50. The average molecular weight is 472 g/mol. The SMILES string of the molecule is CCCNC(=O)N(CC(=O)N1CCc2sccc2[C@@H]1COc1ccc(C)cc1)C[C@H](C)CC. The zero-order valence-electron chi connectivity index (χ0n) is 20.3. The van der Waals surface area contributed by atoms with Gasteiger partial charge < -0.3 is 19.9 Å². The van der Waals surface area contributed by atoms with Gasteiger partial charge in [0, 0.05) is 24.5 Å². The third-order valence-corrected chi connectivity index (χ3v) is 7.21. The molecule has 0 fully saturated rings. The van der Waals surface area contributed by atoms with Crippen LogP contribution in [-0.4, -0.2) is 54.5 Å². The van der Waals surface area contributed by atoms with Crippen molar-refractivity contribution in [3.05, 3.63) is 51.7 Å². The van der Waals surface area contributed by atoms with E-state index in [2.05, 4.69) is 30.6 Å². The number of hydrogen-bond acceptors (Lipinski definition) is 4. The molecule has 6 nitrogen and oxygen atoms in total. The molecule has 3 amide bonds. The molecule has 0 radical (unpaired) electrons. The van der Waals surface area contributed by atoms with Gasteiger partial charge in [0.1, 0.15) is 18.9 Å². The summed E-state index contributed by atoms with van der Waals surface area (Å²) < 4.78 is 6.11. The van der Waals surface area contributed by atoms with Crippen LogP contribution >= 0.6 is 11.3 Å². The van der Waals surface area contributed by atoms with E-state index in [1.165, 1.54) is 10.4 Å². The fraction of sp³-hybridized carbons (Fsp3) is 0.538. The van der Waals surface area contributed by atoms with Crippen LogP contribution < -0.4 is 10.1 Å². The first kappa shape index (κ1) is 25.1. The second kappa shape index (κ2) is 12.1. The van der Waals surface area contributed by atoms with Gasteiger partial charge in [-0.1, -0.05) is 44.9 Å². The van der Waals surface area contributed by atoms with Crippen LogP contribution in [-0.2, 0) is 11.2 Å². The van der Waals surface area contributed by atoms with E-state index in [4.69, 9.17) is 4.74 Å². The zero-order valence-corrected chi connectivity index (χ0v) is 21.1. The summed E-state index contributed by atoms with van der Waals surface area (Å²) in [5.41, 5.74) is 2.34. The van der Waals surface area contributed by atoms with Gasteiger partial charge in [-0.15, -0.1) is 11.3 Å². The predicted molar refractivity (Wildman–Crippen MR) is 134 cm³/mol. The number of amides is 3. The van der Waals surface area contributed by atoms with Gasteiger partial charge in [-0.2, -0.15) is 0 Å². The maximum atomic E-state index is 13.5. The molecule has 2 aromatic rings. The first-order chi connectivity index (χ1) is 15.9. The Balaban J connectivity index is 1.74. The molecular weight excluding hydrogens is 434 g/mol. The highest BCUT2D eigenvalue weighted by Crippen LogP contribution is 2.34. The van der Waals surface area contributed by atoms with Crippen molar-refractivity contribution in [3.63, 3.8) is 0 Å². The molecule has 1 aliphatic rings. The van der Waals surface area contributed by atoms with Gasteiger partial charge in [-0.3, -0.25) is 4.79 Å². The highest BCUT2D eigenvalue weighted by molar-refractivity contribution is 7.10. The number of thiophene rings is 1. The Morgan fingerprint density at radius 3 is 2.70 bits per heavy atom. The summed E-state index contributed by atoms with van der Waals surface area (Å²) >= 11 is 1.74. The van der Waals surface area contributed by atoms with E-state index in [1.54, 1.807) is 16.2 Å². The molecule has 7 heteroatoms. The van der Waals surface area contributed by atoms with Crippen molar-refractivity contribution in [2.75, 3.05) is 32.8 Å². The minimum Gasteiger partial charge on any atom is -0.491 e. The Morgan fingerprint density at radius 2 is 2.00 bits per heavy atom. The van der Waals surface area contributed by atoms with Crippen molar-refractivity contribution >= 4 is 23.3 Å². The Morgan fingerprint density at radius 1 is 1.24 bits per heavy atom. The number of rotatable bonds is 10. The average Bonchev–Trinajstić information content (AvgIpc) is 3.30. The topological polar surface area (TPSA) is 61.9 Å². The molecule has 2 heterocycles. The van der Waals surface area contributed by atoms with Gasteiger partial charge >= 0.3 is 6.03 Å². The van der Waals surface area contributed by atoms with Crippen LogP contribution in [0.3, 0.4) is 0 Å². The van der Waals surface area contributed by atoms with Crippen molar-refractivity contribution in [2.45, 2.75) is 53.0 Å². The molecular formula is C26H37N3O3S. The number of carbonyl (C=O) groups excluding carboxylic acids is 2. The molecule has 1 aliphatic heterocycles. The fourth-order valence-electron chi connectivity index (χ4n) is 4.01.